The molecule has 0 fully saturated rings. The van der Waals surface area contributed by atoms with E-state index in [-0.39, 0.29) is 11.9 Å². The Balaban J connectivity index is 1.64. The van der Waals surface area contributed by atoms with E-state index < -0.39 is 0 Å². The third-order valence-electron chi connectivity index (χ3n) is 5.06. The number of amides is 1. The summed E-state index contributed by atoms with van der Waals surface area (Å²) in [5, 5.41) is 6.52. The predicted molar refractivity (Wildman–Crippen MR) is 110 cm³/mol. The van der Waals surface area contributed by atoms with Gasteiger partial charge in [0.1, 0.15) is 0 Å². The number of carbonyl (C=O) groups excluding carboxylic acids is 1. The number of hydrogen-bond donors (Lipinski definition) is 2. The van der Waals surface area contributed by atoms with Gasteiger partial charge in [-0.2, -0.15) is 0 Å². The third kappa shape index (κ3) is 4.37. The van der Waals surface area contributed by atoms with Crippen LogP contribution in [-0.4, -0.2) is 19.5 Å². The number of fused-ring (bicyclic) bond motifs is 1. The fraction of sp³-hybridized carbons (Fsp3) is 0.409. The van der Waals surface area contributed by atoms with E-state index in [1.54, 1.807) is 0 Å². The number of hydrogen-bond acceptors (Lipinski definition) is 3. The average molecular weight is 351 g/mol. The molecule has 2 aromatic carbocycles. The van der Waals surface area contributed by atoms with E-state index in [0.717, 1.165) is 24.3 Å². The van der Waals surface area contributed by atoms with Crippen LogP contribution in [0.15, 0.2) is 42.5 Å². The Morgan fingerprint density at radius 1 is 1.15 bits per heavy atom. The van der Waals surface area contributed by atoms with Gasteiger partial charge < -0.3 is 15.5 Å². The first kappa shape index (κ1) is 18.3. The molecule has 0 bridgehead atoms. The molecule has 4 nitrogen and oxygen atoms in total. The fourth-order valence-corrected chi connectivity index (χ4v) is 3.34. The molecule has 0 saturated carbocycles. The summed E-state index contributed by atoms with van der Waals surface area (Å²) in [5.41, 5.74) is 5.79. The maximum atomic E-state index is 11.5. The zero-order valence-electron chi connectivity index (χ0n) is 16.0. The number of anilines is 3. The molecular formula is C22H29N3O. The molecule has 1 unspecified atom stereocenters. The lowest BCUT2D eigenvalue weighted by Gasteiger charge is -2.22. The monoisotopic (exact) mass is 351 g/mol. The first-order chi connectivity index (χ1) is 12.6. The summed E-state index contributed by atoms with van der Waals surface area (Å²) < 4.78 is 0. The van der Waals surface area contributed by atoms with Crippen molar-refractivity contribution in [2.75, 3.05) is 29.1 Å². The van der Waals surface area contributed by atoms with Crippen LogP contribution in [0, 0.1) is 0 Å². The van der Waals surface area contributed by atoms with Gasteiger partial charge in [-0.25, -0.2) is 0 Å². The minimum Gasteiger partial charge on any atom is -0.379 e. The normalized spacial score (nSPS) is 14.3. The molecule has 1 amide bonds. The molecule has 1 aliphatic rings. The Kier molecular flexibility index (Phi) is 5.82. The van der Waals surface area contributed by atoms with Gasteiger partial charge in [0.15, 0.2) is 0 Å². The summed E-state index contributed by atoms with van der Waals surface area (Å²) in [4.78, 5) is 13.8. The van der Waals surface area contributed by atoms with Crippen molar-refractivity contribution in [1.29, 1.82) is 0 Å². The summed E-state index contributed by atoms with van der Waals surface area (Å²) in [5.74, 6) is 0.111. The molecule has 0 spiro atoms. The van der Waals surface area contributed by atoms with E-state index in [1.165, 1.54) is 29.7 Å². The van der Waals surface area contributed by atoms with Crippen LogP contribution < -0.4 is 15.5 Å². The maximum Gasteiger partial charge on any atom is 0.224 e. The van der Waals surface area contributed by atoms with Crippen molar-refractivity contribution in [2.24, 2.45) is 0 Å². The van der Waals surface area contributed by atoms with Crippen molar-refractivity contribution < 1.29 is 4.79 Å². The van der Waals surface area contributed by atoms with E-state index in [9.17, 15) is 4.79 Å². The van der Waals surface area contributed by atoms with Crippen LogP contribution in [0.25, 0.3) is 0 Å². The van der Waals surface area contributed by atoms with Crippen molar-refractivity contribution in [3.8, 4) is 0 Å². The molecule has 1 heterocycles. The molecule has 0 aromatic heterocycles. The molecule has 2 N–H and O–H groups in total. The quantitative estimate of drug-likeness (QED) is 0.739. The van der Waals surface area contributed by atoms with Gasteiger partial charge in [0, 0.05) is 43.1 Å². The highest BCUT2D eigenvalue weighted by atomic mass is 16.1. The molecule has 1 aliphatic heterocycles. The molecule has 0 radical (unpaired) electrons. The lowest BCUT2D eigenvalue weighted by Crippen LogP contribution is -2.19. The fourth-order valence-electron chi connectivity index (χ4n) is 3.34. The van der Waals surface area contributed by atoms with Gasteiger partial charge in [0.2, 0.25) is 5.91 Å². The number of nitrogens with zero attached hydrogens (tertiary/aromatic N) is 1. The average Bonchev–Trinajstić information content (AvgIpc) is 2.66. The second-order valence-corrected chi connectivity index (χ2v) is 7.15. The standard InChI is InChI=1S/C22H29N3O/c1-4-5-14-25(3)20-10-8-19(9-11-20)23-16(2)17-6-12-21-18(15-17)7-13-22(26)24-21/h6,8-12,15-16,23H,4-5,7,13-14H2,1-3H3,(H,24,26). The summed E-state index contributed by atoms with van der Waals surface area (Å²) in [6.07, 6.45) is 3.82. The number of nitrogens with one attached hydrogen (secondary N) is 2. The van der Waals surface area contributed by atoms with Crippen molar-refractivity contribution in [3.63, 3.8) is 0 Å². The Labute approximate surface area is 156 Å². The van der Waals surface area contributed by atoms with Gasteiger partial charge >= 0.3 is 0 Å². The topological polar surface area (TPSA) is 44.4 Å². The van der Waals surface area contributed by atoms with Crippen LogP contribution >= 0.6 is 0 Å². The Morgan fingerprint density at radius 2 is 1.92 bits per heavy atom. The van der Waals surface area contributed by atoms with Crippen LogP contribution in [0.1, 0.15) is 50.3 Å². The van der Waals surface area contributed by atoms with Crippen molar-refractivity contribution in [3.05, 3.63) is 53.6 Å². The van der Waals surface area contributed by atoms with Gasteiger partial charge in [0.05, 0.1) is 0 Å². The van der Waals surface area contributed by atoms with E-state index >= 15 is 0 Å². The second-order valence-electron chi connectivity index (χ2n) is 7.15. The summed E-state index contributed by atoms with van der Waals surface area (Å²) in [6.45, 7) is 5.48. The summed E-state index contributed by atoms with van der Waals surface area (Å²) >= 11 is 0. The van der Waals surface area contributed by atoms with E-state index in [2.05, 4.69) is 72.8 Å². The molecule has 0 aliphatic carbocycles. The first-order valence-electron chi connectivity index (χ1n) is 9.57. The third-order valence-corrected chi connectivity index (χ3v) is 5.06. The number of aryl methyl sites for hydroxylation is 1. The Bertz CT molecular complexity index is 754. The number of benzene rings is 2. The minimum atomic E-state index is 0.111. The van der Waals surface area contributed by atoms with E-state index in [4.69, 9.17) is 0 Å². The molecule has 2 aromatic rings. The highest BCUT2D eigenvalue weighted by Gasteiger charge is 2.16. The minimum absolute atomic E-state index is 0.111. The molecule has 26 heavy (non-hydrogen) atoms. The first-order valence-corrected chi connectivity index (χ1v) is 9.57. The van der Waals surface area contributed by atoms with Crippen LogP contribution in [-0.2, 0) is 11.2 Å². The van der Waals surface area contributed by atoms with Crippen molar-refractivity contribution in [2.45, 2.75) is 45.6 Å². The number of unbranched alkanes of at least 4 members (excludes halogenated alkanes) is 1. The Morgan fingerprint density at radius 3 is 2.65 bits per heavy atom. The van der Waals surface area contributed by atoms with Gasteiger partial charge in [-0.15, -0.1) is 0 Å². The van der Waals surface area contributed by atoms with Gasteiger partial charge in [0.25, 0.3) is 0 Å². The van der Waals surface area contributed by atoms with Crippen molar-refractivity contribution in [1.82, 2.24) is 0 Å². The Hall–Kier alpha value is -2.49. The number of rotatable bonds is 7. The predicted octanol–water partition coefficient (Wildman–Crippen LogP) is 4.98. The molecule has 0 saturated heterocycles. The zero-order chi connectivity index (χ0) is 18.5. The SMILES string of the molecule is CCCCN(C)c1ccc(NC(C)c2ccc3c(c2)CCC(=O)N3)cc1. The van der Waals surface area contributed by atoms with Crippen LogP contribution in [0.5, 0.6) is 0 Å². The summed E-state index contributed by atoms with van der Waals surface area (Å²) in [6, 6.07) is 15.2. The lowest BCUT2D eigenvalue weighted by atomic mass is 9.97. The highest BCUT2D eigenvalue weighted by Crippen LogP contribution is 2.28. The molecule has 1 atom stereocenters. The smallest absolute Gasteiger partial charge is 0.224 e. The zero-order valence-corrected chi connectivity index (χ0v) is 16.0. The lowest BCUT2D eigenvalue weighted by molar-refractivity contribution is -0.116. The molecule has 4 heteroatoms. The maximum absolute atomic E-state index is 11.5. The van der Waals surface area contributed by atoms with Gasteiger partial charge in [-0.1, -0.05) is 25.5 Å². The van der Waals surface area contributed by atoms with Crippen molar-refractivity contribution >= 4 is 23.0 Å². The van der Waals surface area contributed by atoms with Gasteiger partial charge in [-0.05, 0) is 61.2 Å². The van der Waals surface area contributed by atoms with Crippen LogP contribution in [0.3, 0.4) is 0 Å². The molecule has 138 valence electrons. The van der Waals surface area contributed by atoms with Crippen LogP contribution in [0.4, 0.5) is 17.1 Å². The highest BCUT2D eigenvalue weighted by molar-refractivity contribution is 5.93. The van der Waals surface area contributed by atoms with Gasteiger partial charge in [-0.3, -0.25) is 4.79 Å². The number of carbonyl (C=O) groups is 1. The molecular weight excluding hydrogens is 322 g/mol. The molecule has 3 rings (SSSR count). The second kappa shape index (κ2) is 8.26. The summed E-state index contributed by atoms with van der Waals surface area (Å²) in [7, 11) is 2.15. The largest absolute Gasteiger partial charge is 0.379 e. The van der Waals surface area contributed by atoms with E-state index in [0.29, 0.717) is 6.42 Å². The van der Waals surface area contributed by atoms with E-state index in [1.807, 2.05) is 6.07 Å². The van der Waals surface area contributed by atoms with Crippen LogP contribution in [0.2, 0.25) is 0 Å².